The van der Waals surface area contributed by atoms with Crippen molar-refractivity contribution in [3.8, 4) is 11.5 Å². The molecule has 2 aromatic carbocycles. The van der Waals surface area contributed by atoms with Crippen LogP contribution in [0.25, 0.3) is 0 Å². The Morgan fingerprint density at radius 1 is 1.10 bits per heavy atom. The highest BCUT2D eigenvalue weighted by Gasteiger charge is 2.37. The Balaban J connectivity index is 2.16. The third-order valence-corrected chi connectivity index (χ3v) is 4.51. The highest BCUT2D eigenvalue weighted by molar-refractivity contribution is 5.92. The van der Waals surface area contributed by atoms with Gasteiger partial charge in [-0.1, -0.05) is 6.07 Å². The lowest BCUT2D eigenvalue weighted by atomic mass is 9.85. The molecule has 2 N–H and O–H groups in total. The molecule has 2 unspecified atom stereocenters. The zero-order chi connectivity index (χ0) is 21.3. The molecule has 154 valence electrons. The molecule has 0 radical (unpaired) electrons. The van der Waals surface area contributed by atoms with Crippen LogP contribution >= 0.6 is 0 Å². The number of aliphatic hydroxyl groups is 2. The van der Waals surface area contributed by atoms with Crippen molar-refractivity contribution in [1.29, 1.82) is 0 Å². The monoisotopic (exact) mass is 400 g/mol. The summed E-state index contributed by atoms with van der Waals surface area (Å²) >= 11 is 0. The molecule has 0 aliphatic carbocycles. The minimum absolute atomic E-state index is 0.276. The average molecular weight is 400 g/mol. The molecule has 0 aromatic heterocycles. The Morgan fingerprint density at radius 3 is 2.31 bits per heavy atom. The van der Waals surface area contributed by atoms with E-state index in [1.807, 2.05) is 0 Å². The zero-order valence-electron chi connectivity index (χ0n) is 16.8. The van der Waals surface area contributed by atoms with Crippen LogP contribution in [0.2, 0.25) is 0 Å². The van der Waals surface area contributed by atoms with E-state index in [0.29, 0.717) is 28.2 Å². The first kappa shape index (κ1) is 20.8. The molecule has 2 atom stereocenters. The molecule has 7 heteroatoms. The molecule has 3 rings (SSSR count). The van der Waals surface area contributed by atoms with E-state index in [9.17, 15) is 19.8 Å². The minimum Gasteiger partial charge on any atom is -0.465 e. The van der Waals surface area contributed by atoms with Crippen molar-refractivity contribution in [3.63, 3.8) is 0 Å². The standard InChI is InChI=1S/C22H24O7/c1-22(2,3)29-21(26)19-14-9-12(16(24)11-23)5-7-17(14)28-18-8-6-13(10-15(18)19)20(25)27-4/h5-10,16,19,23-24H,11H2,1-4H3. The summed E-state index contributed by atoms with van der Waals surface area (Å²) in [5, 5.41) is 19.3. The highest BCUT2D eigenvalue weighted by atomic mass is 16.6. The van der Waals surface area contributed by atoms with Gasteiger partial charge in [-0.25, -0.2) is 4.79 Å². The smallest absolute Gasteiger partial charge is 0.337 e. The van der Waals surface area contributed by atoms with Crippen LogP contribution in [0, 0.1) is 0 Å². The lowest BCUT2D eigenvalue weighted by Gasteiger charge is -2.30. The lowest BCUT2D eigenvalue weighted by Crippen LogP contribution is -2.30. The van der Waals surface area contributed by atoms with Crippen molar-refractivity contribution in [2.24, 2.45) is 0 Å². The predicted molar refractivity (Wildman–Crippen MR) is 104 cm³/mol. The fraction of sp³-hybridized carbons (Fsp3) is 0.364. The molecule has 2 aromatic rings. The summed E-state index contributed by atoms with van der Waals surface area (Å²) in [5.41, 5.74) is 0.941. The third-order valence-electron chi connectivity index (χ3n) is 4.51. The van der Waals surface area contributed by atoms with Crippen LogP contribution in [-0.2, 0) is 14.3 Å². The van der Waals surface area contributed by atoms with E-state index in [0.717, 1.165) is 0 Å². The number of fused-ring (bicyclic) bond motifs is 2. The van der Waals surface area contributed by atoms with E-state index in [4.69, 9.17) is 14.2 Å². The number of carbonyl (C=O) groups is 2. The Bertz CT molecular complexity index is 943. The van der Waals surface area contributed by atoms with E-state index < -0.39 is 36.2 Å². The van der Waals surface area contributed by atoms with Gasteiger partial charge in [0.15, 0.2) is 0 Å². The van der Waals surface area contributed by atoms with Crippen molar-refractivity contribution in [2.75, 3.05) is 13.7 Å². The maximum absolute atomic E-state index is 13.1. The van der Waals surface area contributed by atoms with Gasteiger partial charge in [0.2, 0.25) is 0 Å². The maximum Gasteiger partial charge on any atom is 0.337 e. The van der Waals surface area contributed by atoms with E-state index in [2.05, 4.69) is 0 Å². The van der Waals surface area contributed by atoms with Crippen molar-refractivity contribution < 1.29 is 34.0 Å². The van der Waals surface area contributed by atoms with Crippen LogP contribution < -0.4 is 4.74 Å². The van der Waals surface area contributed by atoms with Gasteiger partial charge in [-0.05, 0) is 56.7 Å². The van der Waals surface area contributed by atoms with Crippen molar-refractivity contribution >= 4 is 11.9 Å². The van der Waals surface area contributed by atoms with Crippen LogP contribution in [0.15, 0.2) is 36.4 Å². The molecular weight excluding hydrogens is 376 g/mol. The molecule has 1 aliphatic heterocycles. The number of carbonyl (C=O) groups excluding carboxylic acids is 2. The number of ether oxygens (including phenoxy) is 3. The zero-order valence-corrected chi connectivity index (χ0v) is 16.8. The SMILES string of the molecule is COC(=O)c1ccc2c(c1)C(C(=O)OC(C)(C)C)c1cc(C(O)CO)ccc1O2. The second kappa shape index (κ2) is 7.85. The Morgan fingerprint density at radius 2 is 1.72 bits per heavy atom. The first-order valence-corrected chi connectivity index (χ1v) is 9.20. The van der Waals surface area contributed by atoms with Gasteiger partial charge >= 0.3 is 11.9 Å². The van der Waals surface area contributed by atoms with Crippen LogP contribution in [-0.4, -0.2) is 41.5 Å². The number of hydrogen-bond acceptors (Lipinski definition) is 7. The second-order valence-corrected chi connectivity index (χ2v) is 7.81. The Hall–Kier alpha value is -2.90. The number of hydrogen-bond donors (Lipinski definition) is 2. The Kier molecular flexibility index (Phi) is 5.64. The van der Waals surface area contributed by atoms with Crippen LogP contribution in [0.5, 0.6) is 11.5 Å². The molecule has 0 fully saturated rings. The van der Waals surface area contributed by atoms with E-state index in [1.54, 1.807) is 57.2 Å². The van der Waals surface area contributed by atoms with Crippen LogP contribution in [0.1, 0.15) is 59.8 Å². The highest BCUT2D eigenvalue weighted by Crippen LogP contribution is 2.46. The third kappa shape index (κ3) is 4.26. The van der Waals surface area contributed by atoms with Gasteiger partial charge in [-0.15, -0.1) is 0 Å². The lowest BCUT2D eigenvalue weighted by molar-refractivity contribution is -0.155. The largest absolute Gasteiger partial charge is 0.465 e. The average Bonchev–Trinajstić information content (AvgIpc) is 2.68. The van der Waals surface area contributed by atoms with Gasteiger partial charge in [0.25, 0.3) is 0 Å². The molecule has 29 heavy (non-hydrogen) atoms. The van der Waals surface area contributed by atoms with E-state index >= 15 is 0 Å². The molecule has 1 heterocycles. The van der Waals surface area contributed by atoms with Gasteiger partial charge in [0.05, 0.1) is 19.3 Å². The fourth-order valence-electron chi connectivity index (χ4n) is 3.21. The van der Waals surface area contributed by atoms with Gasteiger partial charge in [0, 0.05) is 11.1 Å². The summed E-state index contributed by atoms with van der Waals surface area (Å²) < 4.78 is 16.3. The molecule has 0 saturated carbocycles. The summed E-state index contributed by atoms with van der Waals surface area (Å²) in [6.45, 7) is 4.84. The van der Waals surface area contributed by atoms with Crippen molar-refractivity contribution in [2.45, 2.75) is 38.4 Å². The fourth-order valence-corrected chi connectivity index (χ4v) is 3.21. The number of esters is 2. The maximum atomic E-state index is 13.1. The quantitative estimate of drug-likeness (QED) is 0.761. The minimum atomic E-state index is -1.10. The molecule has 0 amide bonds. The topological polar surface area (TPSA) is 102 Å². The van der Waals surface area contributed by atoms with E-state index in [-0.39, 0.29) is 5.56 Å². The number of benzene rings is 2. The van der Waals surface area contributed by atoms with Crippen LogP contribution in [0.4, 0.5) is 0 Å². The summed E-state index contributed by atoms with van der Waals surface area (Å²) in [4.78, 5) is 25.1. The van der Waals surface area contributed by atoms with Gasteiger partial charge in [0.1, 0.15) is 29.1 Å². The first-order valence-electron chi connectivity index (χ1n) is 9.20. The van der Waals surface area contributed by atoms with Gasteiger partial charge in [-0.3, -0.25) is 4.79 Å². The first-order chi connectivity index (χ1) is 13.6. The summed E-state index contributed by atoms with van der Waals surface area (Å²) in [6.07, 6.45) is -1.10. The Labute approximate surface area is 168 Å². The molecular formula is C22H24O7. The van der Waals surface area contributed by atoms with Gasteiger partial charge < -0.3 is 24.4 Å². The summed E-state index contributed by atoms with van der Waals surface area (Å²) in [6, 6.07) is 9.59. The predicted octanol–water partition coefficient (Wildman–Crippen LogP) is 3.08. The molecule has 7 nitrogen and oxygen atoms in total. The summed E-state index contributed by atoms with van der Waals surface area (Å²) in [7, 11) is 1.28. The molecule has 0 spiro atoms. The number of methoxy groups -OCH3 is 1. The molecule has 1 aliphatic rings. The molecule has 0 bridgehead atoms. The summed E-state index contributed by atoms with van der Waals surface area (Å²) in [5.74, 6) is -1.06. The van der Waals surface area contributed by atoms with E-state index in [1.165, 1.54) is 7.11 Å². The van der Waals surface area contributed by atoms with Crippen LogP contribution in [0.3, 0.4) is 0 Å². The second-order valence-electron chi connectivity index (χ2n) is 7.81. The molecule has 0 saturated heterocycles. The number of aliphatic hydroxyl groups excluding tert-OH is 2. The number of rotatable bonds is 4. The van der Waals surface area contributed by atoms with Crippen molar-refractivity contribution in [3.05, 3.63) is 58.7 Å². The van der Waals surface area contributed by atoms with Crippen molar-refractivity contribution in [1.82, 2.24) is 0 Å². The van der Waals surface area contributed by atoms with Gasteiger partial charge in [-0.2, -0.15) is 0 Å². The normalized spacial score (nSPS) is 16.1.